The molecule has 4 nitrogen and oxygen atoms in total. The van der Waals surface area contributed by atoms with Crippen molar-refractivity contribution in [2.75, 3.05) is 7.05 Å². The maximum atomic E-state index is 12.6. The van der Waals surface area contributed by atoms with E-state index in [9.17, 15) is 10.1 Å². The third-order valence-electron chi connectivity index (χ3n) is 4.15. The largest absolute Gasteiger partial charge is 0.340 e. The van der Waals surface area contributed by atoms with E-state index in [1.807, 2.05) is 12.1 Å². The topological polar surface area (TPSA) is 67.9 Å². The summed E-state index contributed by atoms with van der Waals surface area (Å²) in [4.78, 5) is 14.3. The summed E-state index contributed by atoms with van der Waals surface area (Å²) in [6.45, 7) is 0.428. The van der Waals surface area contributed by atoms with Gasteiger partial charge in [0.05, 0.1) is 17.7 Å². The van der Waals surface area contributed by atoms with Gasteiger partial charge in [-0.05, 0) is 30.5 Å². The standard InChI is InChI=1S/C17H19N3O/c1-20(12-15-7-5-6-14(10-15)11-18)16(21)17(13-19)8-3-2-4-9-17/h5-7,10H,2-4,8-9,12H2,1H3. The first kappa shape index (κ1) is 15.1. The highest BCUT2D eigenvalue weighted by Gasteiger charge is 2.41. The minimum atomic E-state index is -0.847. The fraction of sp³-hybridized carbons (Fsp3) is 0.471. The Bertz CT molecular complexity index is 603. The van der Waals surface area contributed by atoms with Crippen LogP contribution in [-0.4, -0.2) is 17.9 Å². The number of carbonyl (C=O) groups is 1. The van der Waals surface area contributed by atoms with Crippen LogP contribution in [0.25, 0.3) is 0 Å². The van der Waals surface area contributed by atoms with Crippen molar-refractivity contribution in [2.24, 2.45) is 5.41 Å². The van der Waals surface area contributed by atoms with E-state index in [1.165, 1.54) is 0 Å². The molecule has 1 aliphatic rings. The molecule has 1 aliphatic carbocycles. The summed E-state index contributed by atoms with van der Waals surface area (Å²) in [5.41, 5.74) is 0.648. The number of hydrogen-bond acceptors (Lipinski definition) is 3. The Morgan fingerprint density at radius 1 is 1.29 bits per heavy atom. The molecule has 0 N–H and O–H groups in total. The van der Waals surface area contributed by atoms with Crippen LogP contribution in [0.4, 0.5) is 0 Å². The molecule has 0 bridgehead atoms. The van der Waals surface area contributed by atoms with E-state index in [1.54, 1.807) is 24.1 Å². The van der Waals surface area contributed by atoms with Crippen LogP contribution in [-0.2, 0) is 11.3 Å². The zero-order valence-corrected chi connectivity index (χ0v) is 12.3. The molecule has 21 heavy (non-hydrogen) atoms. The van der Waals surface area contributed by atoms with Crippen molar-refractivity contribution in [3.63, 3.8) is 0 Å². The van der Waals surface area contributed by atoms with Gasteiger partial charge in [-0.3, -0.25) is 4.79 Å². The van der Waals surface area contributed by atoms with Gasteiger partial charge >= 0.3 is 0 Å². The summed E-state index contributed by atoms with van der Waals surface area (Å²) in [5, 5.41) is 18.4. The van der Waals surface area contributed by atoms with E-state index in [2.05, 4.69) is 12.1 Å². The zero-order valence-electron chi connectivity index (χ0n) is 12.3. The second-order valence-corrected chi connectivity index (χ2v) is 5.73. The maximum absolute atomic E-state index is 12.6. The van der Waals surface area contributed by atoms with Crippen LogP contribution in [0.3, 0.4) is 0 Å². The quantitative estimate of drug-likeness (QED) is 0.855. The van der Waals surface area contributed by atoms with Crippen LogP contribution in [0.15, 0.2) is 24.3 Å². The van der Waals surface area contributed by atoms with Gasteiger partial charge in [0.1, 0.15) is 5.41 Å². The molecule has 0 unspecified atom stereocenters. The van der Waals surface area contributed by atoms with E-state index >= 15 is 0 Å². The summed E-state index contributed by atoms with van der Waals surface area (Å²) >= 11 is 0. The van der Waals surface area contributed by atoms with Crippen molar-refractivity contribution >= 4 is 5.91 Å². The summed E-state index contributed by atoms with van der Waals surface area (Å²) in [6.07, 6.45) is 4.30. The molecule has 0 heterocycles. The molecule has 1 amide bonds. The third kappa shape index (κ3) is 3.23. The fourth-order valence-corrected chi connectivity index (χ4v) is 2.98. The molecule has 1 fully saturated rings. The van der Waals surface area contributed by atoms with Crippen LogP contribution in [0.1, 0.15) is 43.2 Å². The highest BCUT2D eigenvalue weighted by atomic mass is 16.2. The Morgan fingerprint density at radius 3 is 2.62 bits per heavy atom. The lowest BCUT2D eigenvalue weighted by atomic mass is 9.74. The van der Waals surface area contributed by atoms with Crippen LogP contribution >= 0.6 is 0 Å². The molecule has 0 aliphatic heterocycles. The van der Waals surface area contributed by atoms with Gasteiger partial charge in [0.25, 0.3) is 0 Å². The predicted octanol–water partition coefficient (Wildman–Crippen LogP) is 2.99. The van der Waals surface area contributed by atoms with Crippen molar-refractivity contribution in [2.45, 2.75) is 38.6 Å². The SMILES string of the molecule is CN(Cc1cccc(C#N)c1)C(=O)C1(C#N)CCCCC1. The van der Waals surface area contributed by atoms with Crippen molar-refractivity contribution in [1.82, 2.24) is 4.90 Å². The zero-order chi connectivity index (χ0) is 15.3. The first-order valence-electron chi connectivity index (χ1n) is 7.27. The lowest BCUT2D eigenvalue weighted by Crippen LogP contribution is -2.42. The molecule has 2 rings (SSSR count). The Hall–Kier alpha value is -2.33. The lowest BCUT2D eigenvalue weighted by Gasteiger charge is -2.33. The van der Waals surface area contributed by atoms with Crippen LogP contribution in [0, 0.1) is 28.1 Å². The van der Waals surface area contributed by atoms with Gasteiger partial charge in [0.15, 0.2) is 0 Å². The first-order chi connectivity index (χ1) is 10.1. The molecular weight excluding hydrogens is 262 g/mol. The molecule has 1 aromatic rings. The van der Waals surface area contributed by atoms with E-state index in [-0.39, 0.29) is 5.91 Å². The Morgan fingerprint density at radius 2 is 2.00 bits per heavy atom. The molecule has 0 spiro atoms. The molecule has 1 saturated carbocycles. The van der Waals surface area contributed by atoms with Crippen LogP contribution < -0.4 is 0 Å². The van der Waals surface area contributed by atoms with Crippen molar-refractivity contribution < 1.29 is 4.79 Å². The summed E-state index contributed by atoms with van der Waals surface area (Å²) in [5.74, 6) is -0.0907. The molecule has 0 radical (unpaired) electrons. The van der Waals surface area contributed by atoms with E-state index in [4.69, 9.17) is 5.26 Å². The Kier molecular flexibility index (Phi) is 4.60. The van der Waals surface area contributed by atoms with Crippen molar-refractivity contribution in [3.05, 3.63) is 35.4 Å². The van der Waals surface area contributed by atoms with Crippen molar-refractivity contribution in [1.29, 1.82) is 10.5 Å². The minimum Gasteiger partial charge on any atom is -0.340 e. The predicted molar refractivity (Wildman–Crippen MR) is 78.8 cm³/mol. The minimum absolute atomic E-state index is 0.0907. The number of hydrogen-bond donors (Lipinski definition) is 0. The van der Waals surface area contributed by atoms with Gasteiger partial charge < -0.3 is 4.90 Å². The highest BCUT2D eigenvalue weighted by Crippen LogP contribution is 2.37. The number of amides is 1. The van der Waals surface area contributed by atoms with Crippen LogP contribution in [0.2, 0.25) is 0 Å². The average Bonchev–Trinajstić information content (AvgIpc) is 2.54. The van der Waals surface area contributed by atoms with Gasteiger partial charge in [0.2, 0.25) is 5.91 Å². The molecule has 0 saturated heterocycles. The molecule has 0 atom stereocenters. The summed E-state index contributed by atoms with van der Waals surface area (Å²) < 4.78 is 0. The molecule has 4 heteroatoms. The smallest absolute Gasteiger partial charge is 0.243 e. The van der Waals surface area contributed by atoms with Crippen LogP contribution in [0.5, 0.6) is 0 Å². The Labute approximate surface area is 125 Å². The van der Waals surface area contributed by atoms with Gasteiger partial charge in [0, 0.05) is 13.6 Å². The van der Waals surface area contributed by atoms with Gasteiger partial charge in [-0.25, -0.2) is 0 Å². The average molecular weight is 281 g/mol. The third-order valence-corrected chi connectivity index (χ3v) is 4.15. The van der Waals surface area contributed by atoms with E-state index in [0.717, 1.165) is 24.8 Å². The summed E-state index contributed by atoms with van der Waals surface area (Å²) in [7, 11) is 1.73. The van der Waals surface area contributed by atoms with Crippen molar-refractivity contribution in [3.8, 4) is 12.1 Å². The Balaban J connectivity index is 2.12. The van der Waals surface area contributed by atoms with Gasteiger partial charge in [-0.15, -0.1) is 0 Å². The first-order valence-corrected chi connectivity index (χ1v) is 7.27. The molecule has 0 aromatic heterocycles. The summed E-state index contributed by atoms with van der Waals surface area (Å²) in [6, 6.07) is 11.6. The monoisotopic (exact) mass is 281 g/mol. The highest BCUT2D eigenvalue weighted by molar-refractivity contribution is 5.85. The normalized spacial score (nSPS) is 16.5. The number of nitrogens with zero attached hydrogens (tertiary/aromatic N) is 3. The van der Waals surface area contributed by atoms with Gasteiger partial charge in [-0.1, -0.05) is 31.4 Å². The molecule has 1 aromatic carbocycles. The second-order valence-electron chi connectivity index (χ2n) is 5.73. The van der Waals surface area contributed by atoms with E-state index in [0.29, 0.717) is 24.9 Å². The maximum Gasteiger partial charge on any atom is 0.243 e. The number of benzene rings is 1. The van der Waals surface area contributed by atoms with Gasteiger partial charge in [-0.2, -0.15) is 10.5 Å². The second kappa shape index (κ2) is 6.41. The van der Waals surface area contributed by atoms with E-state index < -0.39 is 5.41 Å². The number of carbonyl (C=O) groups excluding carboxylic acids is 1. The lowest BCUT2D eigenvalue weighted by molar-refractivity contribution is -0.139. The molecular formula is C17H19N3O. The fourth-order valence-electron chi connectivity index (χ4n) is 2.98. The number of nitriles is 2. The number of rotatable bonds is 3. The molecule has 108 valence electrons.